The zero-order valence-corrected chi connectivity index (χ0v) is 21.4. The smallest absolute Gasteiger partial charge is 0.253 e. The fourth-order valence-corrected chi connectivity index (χ4v) is 6.55. The second kappa shape index (κ2) is 10.2. The number of hydrogen-bond acceptors (Lipinski definition) is 4. The van der Waals surface area contributed by atoms with Crippen LogP contribution in [0, 0.1) is 0 Å². The van der Waals surface area contributed by atoms with Crippen LogP contribution in [0.5, 0.6) is 5.75 Å². The highest BCUT2D eigenvalue weighted by molar-refractivity contribution is 5.98. The Morgan fingerprint density at radius 2 is 1.53 bits per heavy atom. The number of nitrogens with zero attached hydrogens (tertiary/aromatic N) is 4. The molecule has 6 nitrogen and oxygen atoms in total. The number of piperazine rings is 1. The van der Waals surface area contributed by atoms with Crippen LogP contribution >= 0.6 is 0 Å². The van der Waals surface area contributed by atoms with Gasteiger partial charge in [0.25, 0.3) is 5.91 Å². The lowest BCUT2D eigenvalue weighted by atomic mass is 10.0. The standard InChI is InChI=1S/C30H38N4O2/c1-36-28-9-7-26(8-10-28)31-15-13-27(14-16-31)34-17-12-23-22-24(6-11-29(23)34)30(35)33-20-18-32(19-21-33)25-4-2-3-5-25/h6-12,17,22,25,27H,2-5,13-16,18-21H2,1H3. The highest BCUT2D eigenvalue weighted by Gasteiger charge is 2.28. The van der Waals surface area contributed by atoms with Gasteiger partial charge in [0.2, 0.25) is 0 Å². The summed E-state index contributed by atoms with van der Waals surface area (Å²) in [5.74, 6) is 1.08. The number of fused-ring (bicyclic) bond motifs is 1. The Labute approximate surface area is 214 Å². The summed E-state index contributed by atoms with van der Waals surface area (Å²) in [5.41, 5.74) is 3.32. The third kappa shape index (κ3) is 4.59. The Hall–Kier alpha value is -2.99. The first kappa shape index (κ1) is 23.4. The molecule has 190 valence electrons. The number of benzene rings is 2. The molecular weight excluding hydrogens is 448 g/mol. The van der Waals surface area contributed by atoms with Gasteiger partial charge in [0.05, 0.1) is 7.11 Å². The van der Waals surface area contributed by atoms with E-state index in [2.05, 4.69) is 55.8 Å². The second-order valence-electron chi connectivity index (χ2n) is 10.7. The summed E-state index contributed by atoms with van der Waals surface area (Å²) >= 11 is 0. The number of ether oxygens (including phenoxy) is 1. The molecule has 0 N–H and O–H groups in total. The van der Waals surface area contributed by atoms with Crippen LogP contribution < -0.4 is 9.64 Å². The van der Waals surface area contributed by atoms with Crippen molar-refractivity contribution < 1.29 is 9.53 Å². The van der Waals surface area contributed by atoms with Crippen molar-refractivity contribution >= 4 is 22.5 Å². The molecule has 6 heteroatoms. The van der Waals surface area contributed by atoms with E-state index in [1.165, 1.54) is 42.3 Å². The van der Waals surface area contributed by atoms with Crippen molar-refractivity contribution in [3.8, 4) is 5.75 Å². The molecule has 1 aliphatic carbocycles. The third-order valence-corrected chi connectivity index (χ3v) is 8.71. The Morgan fingerprint density at radius 1 is 0.806 bits per heavy atom. The molecule has 3 fully saturated rings. The van der Waals surface area contributed by atoms with Gasteiger partial charge < -0.3 is 19.1 Å². The summed E-state index contributed by atoms with van der Waals surface area (Å²) in [7, 11) is 1.71. The molecule has 3 aromatic rings. The van der Waals surface area contributed by atoms with Gasteiger partial charge in [0.15, 0.2) is 0 Å². The predicted molar refractivity (Wildman–Crippen MR) is 145 cm³/mol. The molecule has 2 aliphatic heterocycles. The number of carbonyl (C=O) groups is 1. The molecule has 6 rings (SSSR count). The molecule has 0 spiro atoms. The maximum absolute atomic E-state index is 13.3. The van der Waals surface area contributed by atoms with E-state index in [-0.39, 0.29) is 5.91 Å². The summed E-state index contributed by atoms with van der Waals surface area (Å²) in [4.78, 5) is 20.4. The molecule has 2 saturated heterocycles. The van der Waals surface area contributed by atoms with Crippen molar-refractivity contribution in [3.63, 3.8) is 0 Å². The maximum atomic E-state index is 13.3. The van der Waals surface area contributed by atoms with Crippen LogP contribution in [-0.2, 0) is 0 Å². The minimum Gasteiger partial charge on any atom is -0.497 e. The van der Waals surface area contributed by atoms with Crippen LogP contribution in [0.2, 0.25) is 0 Å². The SMILES string of the molecule is COc1ccc(N2CCC(n3ccc4cc(C(=O)N5CCN(C6CCCC6)CC5)ccc43)CC2)cc1. The van der Waals surface area contributed by atoms with E-state index in [0.29, 0.717) is 6.04 Å². The number of hydrogen-bond donors (Lipinski definition) is 0. The summed E-state index contributed by atoms with van der Waals surface area (Å²) in [6.45, 7) is 5.82. The number of carbonyl (C=O) groups excluding carboxylic acids is 1. The third-order valence-electron chi connectivity index (χ3n) is 8.71. The van der Waals surface area contributed by atoms with Crippen LogP contribution in [-0.4, -0.2) is 72.7 Å². The Balaban J connectivity index is 1.09. The summed E-state index contributed by atoms with van der Waals surface area (Å²) in [6, 6.07) is 18.1. The number of anilines is 1. The predicted octanol–water partition coefficient (Wildman–Crippen LogP) is 5.19. The molecule has 0 unspecified atom stereocenters. The highest BCUT2D eigenvalue weighted by Crippen LogP contribution is 2.31. The minimum absolute atomic E-state index is 0.184. The lowest BCUT2D eigenvalue weighted by molar-refractivity contribution is 0.0573. The number of rotatable bonds is 5. The number of piperidine rings is 1. The van der Waals surface area contributed by atoms with Crippen molar-refractivity contribution in [1.29, 1.82) is 0 Å². The van der Waals surface area contributed by atoms with Crippen molar-refractivity contribution in [1.82, 2.24) is 14.4 Å². The molecule has 3 aliphatic rings. The molecule has 36 heavy (non-hydrogen) atoms. The first-order chi connectivity index (χ1) is 17.7. The molecular formula is C30H38N4O2. The molecule has 1 saturated carbocycles. The molecule has 0 radical (unpaired) electrons. The van der Waals surface area contributed by atoms with Crippen LogP contribution in [0.1, 0.15) is 54.9 Å². The van der Waals surface area contributed by atoms with E-state index in [0.717, 1.165) is 69.5 Å². The van der Waals surface area contributed by atoms with E-state index >= 15 is 0 Å². The molecule has 0 atom stereocenters. The van der Waals surface area contributed by atoms with Crippen LogP contribution in [0.4, 0.5) is 5.69 Å². The fourth-order valence-electron chi connectivity index (χ4n) is 6.55. The fraction of sp³-hybridized carbons (Fsp3) is 0.500. The first-order valence-corrected chi connectivity index (χ1v) is 13.7. The lowest BCUT2D eigenvalue weighted by Gasteiger charge is -2.38. The average molecular weight is 487 g/mol. The van der Waals surface area contributed by atoms with Crippen LogP contribution in [0.3, 0.4) is 0 Å². The van der Waals surface area contributed by atoms with Gasteiger partial charge in [0.1, 0.15) is 5.75 Å². The van der Waals surface area contributed by atoms with E-state index in [1.54, 1.807) is 7.11 Å². The summed E-state index contributed by atoms with van der Waals surface area (Å²) in [6.07, 6.45) is 9.84. The van der Waals surface area contributed by atoms with E-state index in [4.69, 9.17) is 4.74 Å². The molecule has 0 bridgehead atoms. The van der Waals surface area contributed by atoms with Gasteiger partial charge in [-0.2, -0.15) is 0 Å². The van der Waals surface area contributed by atoms with Crippen LogP contribution in [0.25, 0.3) is 10.9 Å². The Morgan fingerprint density at radius 3 is 2.22 bits per heavy atom. The van der Waals surface area contributed by atoms with E-state index < -0.39 is 0 Å². The zero-order chi connectivity index (χ0) is 24.5. The van der Waals surface area contributed by atoms with Crippen molar-refractivity contribution in [2.24, 2.45) is 0 Å². The number of amides is 1. The largest absolute Gasteiger partial charge is 0.497 e. The minimum atomic E-state index is 0.184. The van der Waals surface area contributed by atoms with Gasteiger partial charge in [-0.1, -0.05) is 12.8 Å². The normalized spacial score (nSPS) is 20.4. The van der Waals surface area contributed by atoms with Crippen molar-refractivity contribution in [3.05, 3.63) is 60.3 Å². The zero-order valence-electron chi connectivity index (χ0n) is 21.4. The average Bonchev–Trinajstić information content (AvgIpc) is 3.63. The quantitative estimate of drug-likeness (QED) is 0.498. The van der Waals surface area contributed by atoms with Gasteiger partial charge in [-0.3, -0.25) is 9.69 Å². The van der Waals surface area contributed by atoms with Gasteiger partial charge in [0, 0.05) is 79.7 Å². The van der Waals surface area contributed by atoms with Gasteiger partial charge in [-0.05, 0) is 74.2 Å². The van der Waals surface area contributed by atoms with Gasteiger partial charge in [-0.15, -0.1) is 0 Å². The van der Waals surface area contributed by atoms with E-state index in [1.807, 2.05) is 18.2 Å². The molecule has 1 amide bonds. The number of methoxy groups -OCH3 is 1. The Kier molecular flexibility index (Phi) is 6.61. The maximum Gasteiger partial charge on any atom is 0.253 e. The summed E-state index contributed by atoms with van der Waals surface area (Å²) < 4.78 is 7.72. The topological polar surface area (TPSA) is 41.0 Å². The first-order valence-electron chi connectivity index (χ1n) is 13.7. The lowest BCUT2D eigenvalue weighted by Crippen LogP contribution is -2.51. The van der Waals surface area contributed by atoms with Crippen LogP contribution in [0.15, 0.2) is 54.7 Å². The van der Waals surface area contributed by atoms with Crippen molar-refractivity contribution in [2.75, 3.05) is 51.3 Å². The molecule has 1 aromatic heterocycles. The van der Waals surface area contributed by atoms with Gasteiger partial charge in [-0.25, -0.2) is 0 Å². The van der Waals surface area contributed by atoms with Gasteiger partial charge >= 0.3 is 0 Å². The van der Waals surface area contributed by atoms with E-state index in [9.17, 15) is 4.79 Å². The highest BCUT2D eigenvalue weighted by atomic mass is 16.5. The summed E-state index contributed by atoms with van der Waals surface area (Å²) in [5, 5.41) is 1.17. The molecule has 3 heterocycles. The molecule has 2 aromatic carbocycles. The second-order valence-corrected chi connectivity index (χ2v) is 10.7. The Bertz CT molecular complexity index is 1180. The monoisotopic (exact) mass is 486 g/mol. The number of aromatic nitrogens is 1. The van der Waals surface area contributed by atoms with Crippen molar-refractivity contribution in [2.45, 2.75) is 50.6 Å².